The lowest BCUT2D eigenvalue weighted by Gasteiger charge is -2.31. The van der Waals surface area contributed by atoms with Gasteiger partial charge < -0.3 is 31.5 Å². The highest BCUT2D eigenvalue weighted by molar-refractivity contribution is 5.94. The molecule has 154 valence electrons. The zero-order valence-electron chi connectivity index (χ0n) is 16.1. The zero-order valence-corrected chi connectivity index (χ0v) is 16.1. The molecular weight excluding hydrogens is 356 g/mol. The van der Waals surface area contributed by atoms with Crippen molar-refractivity contribution in [1.29, 1.82) is 0 Å². The second-order valence-electron chi connectivity index (χ2n) is 7.27. The first-order chi connectivity index (χ1) is 12.5. The largest absolute Gasteiger partial charge is 0.480 e. The van der Waals surface area contributed by atoms with Gasteiger partial charge in [-0.05, 0) is 32.6 Å². The molecule has 27 heavy (non-hydrogen) atoms. The fourth-order valence-corrected chi connectivity index (χ4v) is 2.92. The Morgan fingerprint density at radius 2 is 1.59 bits per heavy atom. The third-order valence-electron chi connectivity index (χ3n) is 4.53. The molecule has 1 aliphatic rings. The minimum atomic E-state index is -1.31. The standard InChI is InChI=1S/C17H30N4O6/c1-8(2)12(19-14(23)9(3)18)15(24)20-13(10(4)22)16(25)21-7-5-6-11(21)17(26)27/h8-13,22H,5-7,18H2,1-4H3,(H,19,23)(H,20,24)(H,26,27). The summed E-state index contributed by atoms with van der Waals surface area (Å²) in [6.07, 6.45) is -0.392. The number of nitrogens with one attached hydrogen (secondary N) is 2. The van der Waals surface area contributed by atoms with Crippen LogP contribution in [-0.2, 0) is 19.2 Å². The van der Waals surface area contributed by atoms with Crippen molar-refractivity contribution in [2.45, 2.75) is 70.8 Å². The number of carboxylic acids is 1. The molecule has 1 fully saturated rings. The number of aliphatic hydroxyl groups excluding tert-OH is 1. The fraction of sp³-hybridized carbons (Fsp3) is 0.765. The van der Waals surface area contributed by atoms with Crippen LogP contribution < -0.4 is 16.4 Å². The highest BCUT2D eigenvalue weighted by atomic mass is 16.4. The van der Waals surface area contributed by atoms with Crippen molar-refractivity contribution >= 4 is 23.7 Å². The van der Waals surface area contributed by atoms with E-state index in [4.69, 9.17) is 5.73 Å². The number of hydrogen-bond donors (Lipinski definition) is 5. The van der Waals surface area contributed by atoms with E-state index < -0.39 is 54.0 Å². The third-order valence-corrected chi connectivity index (χ3v) is 4.53. The maximum Gasteiger partial charge on any atom is 0.326 e. The number of carbonyl (C=O) groups is 4. The zero-order chi connectivity index (χ0) is 20.9. The number of aliphatic carboxylic acids is 1. The van der Waals surface area contributed by atoms with Crippen LogP contribution in [0.2, 0.25) is 0 Å². The molecule has 5 atom stereocenters. The van der Waals surface area contributed by atoms with E-state index in [2.05, 4.69) is 10.6 Å². The Labute approximate surface area is 158 Å². The first-order valence-corrected chi connectivity index (χ1v) is 9.05. The Morgan fingerprint density at radius 1 is 1.04 bits per heavy atom. The van der Waals surface area contributed by atoms with Gasteiger partial charge in [0.15, 0.2) is 0 Å². The molecule has 0 aromatic rings. The lowest BCUT2D eigenvalue weighted by Crippen LogP contribution is -2.60. The molecule has 1 aliphatic heterocycles. The van der Waals surface area contributed by atoms with Crippen LogP contribution in [0.1, 0.15) is 40.5 Å². The molecule has 3 amide bonds. The summed E-state index contributed by atoms with van der Waals surface area (Å²) in [5, 5.41) is 24.2. The van der Waals surface area contributed by atoms with Crippen molar-refractivity contribution in [3.63, 3.8) is 0 Å². The molecule has 0 bridgehead atoms. The molecule has 6 N–H and O–H groups in total. The maximum absolute atomic E-state index is 12.7. The number of carbonyl (C=O) groups excluding carboxylic acids is 3. The van der Waals surface area contributed by atoms with Crippen LogP contribution in [0.3, 0.4) is 0 Å². The molecule has 0 aliphatic carbocycles. The van der Waals surface area contributed by atoms with Gasteiger partial charge in [-0.25, -0.2) is 4.79 Å². The van der Waals surface area contributed by atoms with Gasteiger partial charge in [-0.3, -0.25) is 14.4 Å². The first-order valence-electron chi connectivity index (χ1n) is 9.05. The lowest BCUT2D eigenvalue weighted by atomic mass is 10.0. The van der Waals surface area contributed by atoms with Crippen LogP contribution >= 0.6 is 0 Å². The molecule has 0 saturated carbocycles. The predicted molar refractivity (Wildman–Crippen MR) is 96.4 cm³/mol. The first kappa shape index (κ1) is 22.8. The number of nitrogens with two attached hydrogens (primary N) is 1. The quantitative estimate of drug-likeness (QED) is 0.336. The smallest absolute Gasteiger partial charge is 0.326 e. The average molecular weight is 386 g/mol. The number of aliphatic hydroxyl groups is 1. The van der Waals surface area contributed by atoms with E-state index in [1.807, 2.05) is 0 Å². The van der Waals surface area contributed by atoms with Gasteiger partial charge in [0.25, 0.3) is 0 Å². The van der Waals surface area contributed by atoms with Gasteiger partial charge in [-0.2, -0.15) is 0 Å². The van der Waals surface area contributed by atoms with Crippen LogP contribution in [0.4, 0.5) is 0 Å². The van der Waals surface area contributed by atoms with Crippen molar-refractivity contribution < 1.29 is 29.4 Å². The topological polar surface area (TPSA) is 162 Å². The summed E-state index contributed by atoms with van der Waals surface area (Å²) in [7, 11) is 0. The molecule has 1 rings (SSSR count). The average Bonchev–Trinajstić information content (AvgIpc) is 3.05. The SMILES string of the molecule is CC(N)C(=O)NC(C(=O)NC(C(=O)N1CCCC1C(=O)O)C(C)O)C(C)C. The number of likely N-dealkylation sites (tertiary alicyclic amines) is 1. The maximum atomic E-state index is 12.7. The number of hydrogen-bond acceptors (Lipinski definition) is 6. The van der Waals surface area contributed by atoms with E-state index in [-0.39, 0.29) is 12.5 Å². The van der Waals surface area contributed by atoms with Gasteiger partial charge in [0.2, 0.25) is 17.7 Å². The van der Waals surface area contributed by atoms with Gasteiger partial charge in [0, 0.05) is 6.54 Å². The summed E-state index contributed by atoms with van der Waals surface area (Å²) in [6.45, 7) is 6.48. The molecule has 10 nitrogen and oxygen atoms in total. The summed E-state index contributed by atoms with van der Waals surface area (Å²) in [5.41, 5.74) is 5.51. The van der Waals surface area contributed by atoms with Crippen molar-refractivity contribution in [3.05, 3.63) is 0 Å². The number of amides is 3. The Bertz CT molecular complexity index is 578. The molecule has 10 heteroatoms. The van der Waals surface area contributed by atoms with Crippen LogP contribution in [0, 0.1) is 5.92 Å². The van der Waals surface area contributed by atoms with Crippen molar-refractivity contribution in [2.75, 3.05) is 6.54 Å². The lowest BCUT2D eigenvalue weighted by molar-refractivity contribution is -0.150. The number of carboxylic acid groups (broad SMARTS) is 1. The Kier molecular flexibility index (Phi) is 8.17. The van der Waals surface area contributed by atoms with E-state index in [9.17, 15) is 29.4 Å². The van der Waals surface area contributed by atoms with Crippen LogP contribution in [0.15, 0.2) is 0 Å². The molecule has 1 heterocycles. The van der Waals surface area contributed by atoms with E-state index in [0.717, 1.165) is 4.90 Å². The summed E-state index contributed by atoms with van der Waals surface area (Å²) < 4.78 is 0. The van der Waals surface area contributed by atoms with Crippen LogP contribution in [-0.4, -0.2) is 75.6 Å². The third kappa shape index (κ3) is 5.90. The Balaban J connectivity index is 2.94. The molecule has 1 saturated heterocycles. The Hall–Kier alpha value is -2.20. The monoisotopic (exact) mass is 386 g/mol. The normalized spacial score (nSPS) is 21.3. The molecule has 0 spiro atoms. The second kappa shape index (κ2) is 9.65. The van der Waals surface area contributed by atoms with Gasteiger partial charge in [0.1, 0.15) is 18.1 Å². The molecule has 0 radical (unpaired) electrons. The second-order valence-corrected chi connectivity index (χ2v) is 7.27. The predicted octanol–water partition coefficient (Wildman–Crippen LogP) is -1.58. The van der Waals surface area contributed by atoms with Gasteiger partial charge >= 0.3 is 5.97 Å². The summed E-state index contributed by atoms with van der Waals surface area (Å²) >= 11 is 0. The van der Waals surface area contributed by atoms with E-state index in [0.29, 0.717) is 12.8 Å². The van der Waals surface area contributed by atoms with Crippen LogP contribution in [0.25, 0.3) is 0 Å². The minimum Gasteiger partial charge on any atom is -0.480 e. The Morgan fingerprint density at radius 3 is 2.04 bits per heavy atom. The van der Waals surface area contributed by atoms with Crippen molar-refractivity contribution in [1.82, 2.24) is 15.5 Å². The summed E-state index contributed by atoms with van der Waals surface area (Å²) in [6, 6.07) is -4.05. The van der Waals surface area contributed by atoms with E-state index in [1.54, 1.807) is 13.8 Å². The molecule has 0 aromatic heterocycles. The van der Waals surface area contributed by atoms with E-state index >= 15 is 0 Å². The summed E-state index contributed by atoms with van der Waals surface area (Å²) in [4.78, 5) is 49.7. The fourth-order valence-electron chi connectivity index (χ4n) is 2.92. The minimum absolute atomic E-state index is 0.240. The summed E-state index contributed by atoms with van der Waals surface area (Å²) in [5.74, 6) is -3.25. The molecular formula is C17H30N4O6. The molecule has 5 unspecified atom stereocenters. The van der Waals surface area contributed by atoms with Gasteiger partial charge in [-0.1, -0.05) is 13.8 Å². The molecule has 0 aromatic carbocycles. The van der Waals surface area contributed by atoms with E-state index in [1.165, 1.54) is 13.8 Å². The number of rotatable bonds is 8. The highest BCUT2D eigenvalue weighted by Crippen LogP contribution is 2.19. The van der Waals surface area contributed by atoms with Crippen molar-refractivity contribution in [3.8, 4) is 0 Å². The van der Waals surface area contributed by atoms with Crippen LogP contribution in [0.5, 0.6) is 0 Å². The van der Waals surface area contributed by atoms with Crippen molar-refractivity contribution in [2.24, 2.45) is 11.7 Å². The highest BCUT2D eigenvalue weighted by Gasteiger charge is 2.40. The van der Waals surface area contributed by atoms with Gasteiger partial charge in [0.05, 0.1) is 12.1 Å². The van der Waals surface area contributed by atoms with Gasteiger partial charge in [-0.15, -0.1) is 0 Å². The number of nitrogens with zero attached hydrogens (tertiary/aromatic N) is 1.